The van der Waals surface area contributed by atoms with Crippen molar-refractivity contribution in [2.75, 3.05) is 37.8 Å². The maximum Gasteiger partial charge on any atom is 0.340 e. The average molecular weight is 359 g/mol. The van der Waals surface area contributed by atoms with Crippen LogP contribution in [0.25, 0.3) is 16.8 Å². The zero-order chi connectivity index (χ0) is 19.0. The lowest BCUT2D eigenvalue weighted by Gasteiger charge is -2.36. The molecule has 0 spiro atoms. The van der Waals surface area contributed by atoms with E-state index in [0.29, 0.717) is 44.2 Å². The quantitative estimate of drug-likeness (QED) is 0.622. The molecule has 0 atom stereocenters. The minimum Gasteiger partial charge on any atom is -0.502 e. The summed E-state index contributed by atoms with van der Waals surface area (Å²) in [6.45, 7) is 4.61. The van der Waals surface area contributed by atoms with Crippen LogP contribution in [0.5, 0.6) is 5.75 Å². The first kappa shape index (κ1) is 18.0. The number of rotatable bonds is 3. The zero-order valence-corrected chi connectivity index (χ0v) is 15.2. The first-order valence-corrected chi connectivity index (χ1v) is 9.06. The van der Waals surface area contributed by atoms with Crippen molar-refractivity contribution in [2.24, 2.45) is 0 Å². The molecule has 2 aliphatic rings. The Bertz CT molecular complexity index is 920. The molecule has 2 aliphatic heterocycles. The van der Waals surface area contributed by atoms with Gasteiger partial charge < -0.3 is 19.1 Å². The number of carbonyl (C=O) groups is 1. The molecule has 2 aromatic carbocycles. The highest BCUT2D eigenvalue weighted by molar-refractivity contribution is 6.41. The van der Waals surface area contributed by atoms with Gasteiger partial charge in [0.05, 0.1) is 31.1 Å². The number of benzene rings is 2. The van der Waals surface area contributed by atoms with Gasteiger partial charge >= 0.3 is 5.97 Å². The molecule has 27 heavy (non-hydrogen) atoms. The largest absolute Gasteiger partial charge is 0.502 e. The van der Waals surface area contributed by atoms with Gasteiger partial charge in [-0.25, -0.2) is 4.79 Å². The monoisotopic (exact) mass is 359 g/mol. The number of morpholine rings is 1. The average Bonchev–Trinajstić information content (AvgIpc) is 2.67. The number of anilines is 1. The molecule has 5 nitrogen and oxygen atoms in total. The number of hydrogen-bond donors (Lipinski definition) is 0. The van der Waals surface area contributed by atoms with E-state index in [1.165, 1.54) is 0 Å². The summed E-state index contributed by atoms with van der Waals surface area (Å²) in [5, 5.41) is 0.128. The summed E-state index contributed by atoms with van der Waals surface area (Å²) in [5.74, 6) is 0.219. The number of ether oxygens (including phenoxy) is 3. The summed E-state index contributed by atoms with van der Waals surface area (Å²) in [5.41, 5.74) is 2.09. The fourth-order valence-electron chi connectivity index (χ4n) is 3.63. The van der Waals surface area contributed by atoms with Gasteiger partial charge in [0.25, 0.3) is 0 Å². The lowest BCUT2D eigenvalue weighted by molar-refractivity contribution is 0.0528. The van der Waals surface area contributed by atoms with Gasteiger partial charge in [-0.1, -0.05) is 36.4 Å². The molecule has 1 fully saturated rings. The van der Waals surface area contributed by atoms with Crippen LogP contribution in [0.2, 0.25) is 0 Å². The Kier molecular flexibility index (Phi) is 4.64. The van der Waals surface area contributed by atoms with Gasteiger partial charge in [0, 0.05) is 34.8 Å². The molecule has 2 aromatic rings. The third kappa shape index (κ3) is 3.21. The lowest BCUT2D eigenvalue weighted by Crippen LogP contribution is -2.40. The third-order valence-electron chi connectivity index (χ3n) is 4.77. The number of esters is 1. The number of hydrogen-bond acceptors (Lipinski definition) is 5. The fraction of sp³-hybridized carbons (Fsp3) is 0.350. The van der Waals surface area contributed by atoms with Crippen LogP contribution >= 0.6 is 0 Å². The molecule has 0 aliphatic carbocycles. The Labute approximate surface area is 161 Å². The summed E-state index contributed by atoms with van der Waals surface area (Å²) in [6, 6.07) is 7.57. The molecular weight excluding hydrogens is 340 g/mol. The molecular formula is C20H19B2NO4. The Morgan fingerprint density at radius 2 is 1.93 bits per heavy atom. The predicted octanol–water partition coefficient (Wildman–Crippen LogP) is 2.25. The molecule has 2 heterocycles. The van der Waals surface area contributed by atoms with Crippen molar-refractivity contribution in [3.05, 3.63) is 41.5 Å². The van der Waals surface area contributed by atoms with Crippen molar-refractivity contribution in [3.8, 4) is 5.75 Å². The van der Waals surface area contributed by atoms with E-state index in [4.69, 9.17) is 29.9 Å². The molecule has 4 radical (unpaired) electrons. The van der Waals surface area contributed by atoms with Gasteiger partial charge in [0.1, 0.15) is 21.4 Å². The predicted molar refractivity (Wildman–Crippen MR) is 107 cm³/mol. The standard InChI is InChI=1S/C20H19B2NO4/c1-2-26-19(24)16-13-5-3-4-6-14(13)18-15(7-8-20(21,22)27-18)17(16)23-9-11-25-12-10-23/h3-8H,2,9-12H2,1H3. The normalized spacial score (nSPS) is 18.0. The maximum absolute atomic E-state index is 12.9. The van der Waals surface area contributed by atoms with Gasteiger partial charge in [-0.2, -0.15) is 0 Å². The number of fused-ring (bicyclic) bond motifs is 3. The first-order chi connectivity index (χ1) is 13.0. The van der Waals surface area contributed by atoms with Crippen molar-refractivity contribution in [1.82, 2.24) is 0 Å². The highest BCUT2D eigenvalue weighted by atomic mass is 16.5. The Balaban J connectivity index is 2.05. The molecule has 134 valence electrons. The minimum atomic E-state index is -1.40. The fourth-order valence-corrected chi connectivity index (χ4v) is 3.63. The number of carbonyl (C=O) groups excluding carboxylic acids is 1. The summed E-state index contributed by atoms with van der Waals surface area (Å²) in [7, 11) is 12.0. The molecule has 0 bridgehead atoms. The summed E-state index contributed by atoms with van der Waals surface area (Å²) >= 11 is 0. The molecule has 0 aromatic heterocycles. The Hall–Kier alpha value is -2.40. The second-order valence-electron chi connectivity index (χ2n) is 6.62. The van der Waals surface area contributed by atoms with Crippen molar-refractivity contribution in [1.29, 1.82) is 0 Å². The van der Waals surface area contributed by atoms with Crippen LogP contribution in [-0.4, -0.2) is 60.0 Å². The second kappa shape index (κ2) is 6.97. The Morgan fingerprint density at radius 1 is 1.22 bits per heavy atom. The van der Waals surface area contributed by atoms with Crippen molar-refractivity contribution < 1.29 is 19.0 Å². The molecule has 0 saturated carbocycles. The molecule has 0 amide bonds. The van der Waals surface area contributed by atoms with E-state index in [1.54, 1.807) is 13.0 Å². The second-order valence-corrected chi connectivity index (χ2v) is 6.62. The number of nitrogens with zero attached hydrogens (tertiary/aromatic N) is 1. The van der Waals surface area contributed by atoms with Crippen molar-refractivity contribution in [3.63, 3.8) is 0 Å². The molecule has 4 rings (SSSR count). The van der Waals surface area contributed by atoms with Gasteiger partial charge in [-0.05, 0) is 6.92 Å². The first-order valence-electron chi connectivity index (χ1n) is 9.06. The molecule has 1 saturated heterocycles. The van der Waals surface area contributed by atoms with Crippen molar-refractivity contribution in [2.45, 2.75) is 12.3 Å². The van der Waals surface area contributed by atoms with Crippen LogP contribution in [0.1, 0.15) is 22.8 Å². The summed E-state index contributed by atoms with van der Waals surface area (Å²) < 4.78 is 16.8. The van der Waals surface area contributed by atoms with Gasteiger partial charge in [0.15, 0.2) is 0 Å². The molecule has 7 heteroatoms. The molecule has 0 N–H and O–H groups in total. The Morgan fingerprint density at radius 3 is 2.63 bits per heavy atom. The van der Waals surface area contributed by atoms with E-state index in [9.17, 15) is 4.79 Å². The molecule has 0 unspecified atom stereocenters. The van der Waals surface area contributed by atoms with Crippen LogP contribution in [0.15, 0.2) is 30.3 Å². The van der Waals surface area contributed by atoms with E-state index < -0.39 is 5.40 Å². The SMILES string of the molecule is [B]C1([B])C=Cc2c(N3CCOCC3)c(C(=O)OCC)c3ccccc3c2O1. The highest BCUT2D eigenvalue weighted by Gasteiger charge is 2.32. The highest BCUT2D eigenvalue weighted by Crippen LogP contribution is 2.45. The zero-order valence-electron chi connectivity index (χ0n) is 15.2. The van der Waals surface area contributed by atoms with Crippen LogP contribution in [0, 0.1) is 0 Å². The van der Waals surface area contributed by atoms with E-state index >= 15 is 0 Å². The summed E-state index contributed by atoms with van der Waals surface area (Å²) in [6.07, 6.45) is 3.43. The van der Waals surface area contributed by atoms with E-state index in [1.807, 2.05) is 30.3 Å². The third-order valence-corrected chi connectivity index (χ3v) is 4.77. The van der Waals surface area contributed by atoms with Crippen LogP contribution in [-0.2, 0) is 9.47 Å². The maximum atomic E-state index is 12.9. The van der Waals surface area contributed by atoms with Crippen LogP contribution < -0.4 is 9.64 Å². The minimum absolute atomic E-state index is 0.299. The lowest BCUT2D eigenvalue weighted by atomic mass is 9.64. The van der Waals surface area contributed by atoms with E-state index in [-0.39, 0.29) is 5.97 Å². The van der Waals surface area contributed by atoms with Crippen LogP contribution in [0.3, 0.4) is 0 Å². The summed E-state index contributed by atoms with van der Waals surface area (Å²) in [4.78, 5) is 15.1. The van der Waals surface area contributed by atoms with E-state index in [0.717, 1.165) is 22.0 Å². The van der Waals surface area contributed by atoms with Gasteiger partial charge in [-0.15, -0.1) is 0 Å². The topological polar surface area (TPSA) is 48.0 Å². The van der Waals surface area contributed by atoms with Gasteiger partial charge in [-0.3, -0.25) is 0 Å². The van der Waals surface area contributed by atoms with Crippen molar-refractivity contribution >= 4 is 44.2 Å². The van der Waals surface area contributed by atoms with Gasteiger partial charge in [0.2, 0.25) is 0 Å². The smallest absolute Gasteiger partial charge is 0.340 e. The van der Waals surface area contributed by atoms with E-state index in [2.05, 4.69) is 4.90 Å². The van der Waals surface area contributed by atoms with Crippen LogP contribution in [0.4, 0.5) is 5.69 Å².